The van der Waals surface area contributed by atoms with Crippen LogP contribution < -0.4 is 30.5 Å². The number of aliphatic hydroxyl groups is 1. The Balaban J connectivity index is 0.666. The predicted octanol–water partition coefficient (Wildman–Crippen LogP) is 5.40. The SMILES string of the molecule is C#Cc1ccc(CNC(=O)[C@@H]2C[C@@H](O)CN2C(=O)[C@@H](NC(=O)C2CCC3(CC2)CC(N2CCC(c4cnc(N5CCN6c7cc(-c8ccccc8O)nnc7NC[C@H]6C5)nc4)CC2)C3)C(C)(C)C)c(OCCCN(C)C)c1. The van der Waals surface area contributed by atoms with Gasteiger partial charge in [0, 0.05) is 93.3 Å². The smallest absolute Gasteiger partial charge is 0.246 e. The number of benzene rings is 2. The van der Waals surface area contributed by atoms with Crippen molar-refractivity contribution in [2.75, 3.05) is 88.2 Å². The van der Waals surface area contributed by atoms with E-state index in [9.17, 15) is 24.6 Å². The number of amides is 3. The number of hydrogen-bond donors (Lipinski definition) is 5. The van der Waals surface area contributed by atoms with Crippen LogP contribution in [0.2, 0.25) is 0 Å². The van der Waals surface area contributed by atoms with Crippen molar-refractivity contribution in [3.8, 4) is 35.1 Å². The molecule has 4 aromatic rings. The normalized spacial score (nSPS) is 25.0. The van der Waals surface area contributed by atoms with E-state index in [1.54, 1.807) is 18.2 Å². The first-order valence-corrected chi connectivity index (χ1v) is 28.0. The molecule has 4 aliphatic heterocycles. The van der Waals surface area contributed by atoms with Crippen LogP contribution >= 0.6 is 0 Å². The Morgan fingerprint density at radius 2 is 1.70 bits per heavy atom. The molecule has 2 saturated carbocycles. The molecule has 5 fully saturated rings. The van der Waals surface area contributed by atoms with E-state index in [0.717, 1.165) is 127 Å². The average molecular weight is 1050 g/mol. The maximum Gasteiger partial charge on any atom is 0.246 e. The average Bonchev–Trinajstić information content (AvgIpc) is 3.84. The van der Waals surface area contributed by atoms with Gasteiger partial charge in [-0.15, -0.1) is 16.6 Å². The lowest BCUT2D eigenvalue weighted by Gasteiger charge is -2.55. The van der Waals surface area contributed by atoms with E-state index in [1.165, 1.54) is 10.5 Å². The summed E-state index contributed by atoms with van der Waals surface area (Å²) in [5.41, 5.74) is 4.58. The van der Waals surface area contributed by atoms with Crippen molar-refractivity contribution in [2.24, 2.45) is 16.7 Å². The molecular formula is C59H78N12O6. The topological polar surface area (TPSA) is 205 Å². The second-order valence-corrected chi connectivity index (χ2v) is 24.0. The highest BCUT2D eigenvalue weighted by Crippen LogP contribution is 2.55. The largest absolute Gasteiger partial charge is 0.507 e. The summed E-state index contributed by atoms with van der Waals surface area (Å²) in [7, 11) is 4.02. The molecule has 0 bridgehead atoms. The number of para-hydroxylation sites is 1. The lowest BCUT2D eigenvalue weighted by molar-refractivity contribution is -0.145. The number of fused-ring (bicyclic) bond motifs is 3. The van der Waals surface area contributed by atoms with Crippen molar-refractivity contribution >= 4 is 35.2 Å². The highest BCUT2D eigenvalue weighted by atomic mass is 16.5. The van der Waals surface area contributed by atoms with Gasteiger partial charge in [-0.25, -0.2) is 9.97 Å². The number of aromatic hydroxyl groups is 1. The first-order valence-electron chi connectivity index (χ1n) is 28.0. The highest BCUT2D eigenvalue weighted by molar-refractivity contribution is 5.93. The van der Waals surface area contributed by atoms with Crippen molar-refractivity contribution in [1.82, 2.24) is 45.5 Å². The lowest BCUT2D eigenvalue weighted by Crippen LogP contribution is -2.59. The molecule has 1 spiro atoms. The van der Waals surface area contributed by atoms with Crippen molar-refractivity contribution in [2.45, 2.75) is 128 Å². The zero-order valence-electron chi connectivity index (χ0n) is 45.6. The van der Waals surface area contributed by atoms with Gasteiger partial charge in [0.25, 0.3) is 0 Å². The summed E-state index contributed by atoms with van der Waals surface area (Å²) in [6.07, 6.45) is 17.9. The number of aromatic nitrogens is 4. The van der Waals surface area contributed by atoms with Crippen LogP contribution in [-0.4, -0.2) is 166 Å². The van der Waals surface area contributed by atoms with Gasteiger partial charge in [-0.05, 0) is 138 Å². The summed E-state index contributed by atoms with van der Waals surface area (Å²) < 4.78 is 6.09. The van der Waals surface area contributed by atoms with Crippen LogP contribution in [0.25, 0.3) is 11.3 Å². The summed E-state index contributed by atoms with van der Waals surface area (Å²) in [6, 6.07) is 13.7. The van der Waals surface area contributed by atoms with E-state index < -0.39 is 23.6 Å². The van der Waals surface area contributed by atoms with Gasteiger partial charge in [0.2, 0.25) is 23.7 Å². The molecule has 6 aliphatic rings. The molecule has 2 aromatic heterocycles. The molecule has 2 aromatic carbocycles. The van der Waals surface area contributed by atoms with E-state index in [1.807, 2.05) is 77.6 Å². The molecule has 0 unspecified atom stereocenters. The zero-order valence-corrected chi connectivity index (χ0v) is 45.6. The second kappa shape index (κ2) is 22.8. The number of β-amino-alcohol motifs (C(OH)–C–C–N with tert-alkyl or cyclic N) is 1. The third kappa shape index (κ3) is 12.0. The highest BCUT2D eigenvalue weighted by Gasteiger charge is 2.50. The number of likely N-dealkylation sites (tertiary alicyclic amines) is 2. The quantitative estimate of drug-likeness (QED) is 0.0748. The number of rotatable bonds is 15. The molecule has 3 amide bonds. The predicted molar refractivity (Wildman–Crippen MR) is 296 cm³/mol. The number of terminal acetylenes is 1. The van der Waals surface area contributed by atoms with Gasteiger partial charge in [-0.3, -0.25) is 14.4 Å². The summed E-state index contributed by atoms with van der Waals surface area (Å²) in [4.78, 5) is 63.1. The molecular weight excluding hydrogens is 973 g/mol. The fourth-order valence-corrected chi connectivity index (χ4v) is 12.9. The summed E-state index contributed by atoms with van der Waals surface area (Å²) in [6.45, 7) is 12.5. The molecule has 77 heavy (non-hydrogen) atoms. The van der Waals surface area contributed by atoms with Crippen molar-refractivity contribution in [1.29, 1.82) is 0 Å². The molecule has 10 rings (SSSR count). The van der Waals surface area contributed by atoms with Gasteiger partial charge < -0.3 is 55.4 Å². The Bertz CT molecular complexity index is 2790. The number of phenolic OH excluding ortho intramolecular Hbond substituents is 1. The number of anilines is 3. The fourth-order valence-electron chi connectivity index (χ4n) is 12.9. The molecule has 410 valence electrons. The number of carbonyl (C=O) groups excluding carboxylic acids is 3. The van der Waals surface area contributed by atoms with Gasteiger partial charge in [0.1, 0.15) is 23.6 Å². The number of piperazine rings is 1. The number of ether oxygens (including phenoxy) is 1. The van der Waals surface area contributed by atoms with Crippen LogP contribution in [-0.2, 0) is 20.9 Å². The molecule has 18 nitrogen and oxygen atoms in total. The third-order valence-electron chi connectivity index (χ3n) is 17.4. The van der Waals surface area contributed by atoms with E-state index in [2.05, 4.69) is 51.7 Å². The van der Waals surface area contributed by atoms with Crippen LogP contribution in [0.3, 0.4) is 0 Å². The van der Waals surface area contributed by atoms with Gasteiger partial charge in [0.15, 0.2) is 5.82 Å². The number of aliphatic hydroxyl groups excluding tert-OH is 1. The van der Waals surface area contributed by atoms with Crippen LogP contribution in [0.5, 0.6) is 11.5 Å². The molecule has 0 radical (unpaired) electrons. The molecule has 5 N–H and O–H groups in total. The maximum atomic E-state index is 14.5. The van der Waals surface area contributed by atoms with Gasteiger partial charge >= 0.3 is 0 Å². The Morgan fingerprint density at radius 1 is 0.948 bits per heavy atom. The number of hydrogen-bond acceptors (Lipinski definition) is 15. The minimum atomic E-state index is -0.889. The number of nitrogens with one attached hydrogen (secondary N) is 3. The Hall–Kier alpha value is -6.55. The Morgan fingerprint density at radius 3 is 2.42 bits per heavy atom. The number of carbonyl (C=O) groups is 3. The maximum absolute atomic E-state index is 14.5. The summed E-state index contributed by atoms with van der Waals surface area (Å²) >= 11 is 0. The van der Waals surface area contributed by atoms with Gasteiger partial charge in [0.05, 0.1) is 30.1 Å². The first-order chi connectivity index (χ1) is 37.0. The zero-order chi connectivity index (χ0) is 54.0. The van der Waals surface area contributed by atoms with Gasteiger partial charge in [-0.2, -0.15) is 0 Å². The van der Waals surface area contributed by atoms with Crippen LogP contribution in [0.15, 0.2) is 60.9 Å². The molecule has 2 aliphatic carbocycles. The molecule has 3 saturated heterocycles. The third-order valence-corrected chi connectivity index (χ3v) is 17.4. The van der Waals surface area contributed by atoms with Gasteiger partial charge in [-0.1, -0.05) is 44.9 Å². The molecule has 18 heteroatoms. The van der Waals surface area contributed by atoms with E-state index >= 15 is 0 Å². The fraction of sp³-hybridized carbons (Fsp3) is 0.576. The summed E-state index contributed by atoms with van der Waals surface area (Å²) in [5.74, 6) is 4.37. The standard InChI is InChI=1S/C59H78N12O6/c1-7-38-13-14-41(51(27-38)77-26-10-21-67(5)6)32-61-55(75)49-28-45(72)37-71(49)56(76)52(58(2,3)4)64-54(74)40-15-19-59(20-16-40)30-43(31-59)68-22-17-39(18-23-68)42-33-62-57(63-34-42)69-24-25-70-44(36-69)35-60-53-48(70)29-47(65-66-53)46-11-8-9-12-50(46)73/h1,8-9,11-14,27,29,33-34,39-40,43-45,49,52,72-73H,10,15-26,28,30-32,35-37H2,2-6H3,(H,60,66)(H,61,75)(H,64,74)/t40?,43?,44-,45+,49-,52+,59?/m0/s1. The minimum Gasteiger partial charge on any atom is -0.507 e. The van der Waals surface area contributed by atoms with Crippen LogP contribution in [0.4, 0.5) is 17.5 Å². The Labute approximate surface area is 453 Å². The Kier molecular flexibility index (Phi) is 15.9. The first kappa shape index (κ1) is 53.8. The molecule has 6 heterocycles. The van der Waals surface area contributed by atoms with Crippen molar-refractivity contribution in [3.63, 3.8) is 0 Å². The van der Waals surface area contributed by atoms with Crippen molar-refractivity contribution < 1.29 is 29.3 Å². The number of phenols is 1. The van der Waals surface area contributed by atoms with E-state index in [4.69, 9.17) is 21.1 Å². The van der Waals surface area contributed by atoms with E-state index in [-0.39, 0.29) is 60.4 Å². The van der Waals surface area contributed by atoms with E-state index in [0.29, 0.717) is 41.1 Å². The minimum absolute atomic E-state index is 0.0142. The number of nitrogens with zero attached hydrogens (tertiary/aromatic N) is 9. The van der Waals surface area contributed by atoms with Crippen molar-refractivity contribution in [3.05, 3.63) is 77.6 Å². The lowest BCUT2D eigenvalue weighted by atomic mass is 9.56. The number of piperidine rings is 1. The summed E-state index contributed by atoms with van der Waals surface area (Å²) in [5, 5.41) is 39.7. The molecule has 4 atom stereocenters. The second-order valence-electron chi connectivity index (χ2n) is 24.0. The van der Waals surface area contributed by atoms with Crippen LogP contribution in [0.1, 0.15) is 108 Å². The monoisotopic (exact) mass is 1050 g/mol. The van der Waals surface area contributed by atoms with Crippen LogP contribution in [0, 0.1) is 29.1 Å².